The Morgan fingerprint density at radius 1 is 1.00 bits per heavy atom. The normalized spacial score (nSPS) is 9.90. The average molecular weight is 268 g/mol. The summed E-state index contributed by atoms with van der Waals surface area (Å²) in [6.07, 6.45) is 0. The number of hydrogen-bond acceptors (Lipinski definition) is 3. The molecule has 0 saturated carbocycles. The van der Waals surface area contributed by atoms with E-state index in [-0.39, 0.29) is 0 Å². The van der Waals surface area contributed by atoms with Gasteiger partial charge in [0, 0.05) is 5.57 Å². The third kappa shape index (κ3) is 3.26. The van der Waals surface area contributed by atoms with E-state index in [0.29, 0.717) is 11.3 Å². The maximum absolute atomic E-state index is 11.4. The van der Waals surface area contributed by atoms with Crippen LogP contribution in [0.15, 0.2) is 60.7 Å². The van der Waals surface area contributed by atoms with Crippen molar-refractivity contribution in [1.29, 1.82) is 0 Å². The van der Waals surface area contributed by atoms with Gasteiger partial charge in [0.05, 0.1) is 7.11 Å². The summed E-state index contributed by atoms with van der Waals surface area (Å²) in [5.41, 5.74) is 2.45. The predicted octanol–water partition coefficient (Wildman–Crippen LogP) is 3.84. The molecule has 0 spiro atoms. The fraction of sp³-hybridized carbons (Fsp3) is 0.118. The fourth-order valence-corrected chi connectivity index (χ4v) is 1.71. The molecule has 0 N–H and O–H groups in total. The monoisotopic (exact) mass is 268 g/mol. The first-order valence-corrected chi connectivity index (χ1v) is 6.22. The van der Waals surface area contributed by atoms with Crippen LogP contribution in [0.3, 0.4) is 0 Å². The van der Waals surface area contributed by atoms with Crippen molar-refractivity contribution in [1.82, 2.24) is 0 Å². The van der Waals surface area contributed by atoms with Crippen LogP contribution in [0.2, 0.25) is 0 Å². The number of hydrogen-bond donors (Lipinski definition) is 0. The molecule has 3 heteroatoms. The minimum atomic E-state index is -0.417. The lowest BCUT2D eigenvalue weighted by atomic mass is 10.1. The molecule has 0 aliphatic heterocycles. The van der Waals surface area contributed by atoms with Gasteiger partial charge in [-0.05, 0) is 42.3 Å². The minimum Gasteiger partial charge on any atom is -0.497 e. The molecular weight excluding hydrogens is 252 g/mol. The minimum absolute atomic E-state index is 0.377. The summed E-state index contributed by atoms with van der Waals surface area (Å²) in [7, 11) is 1.64. The summed E-state index contributed by atoms with van der Waals surface area (Å²) in [6.45, 7) is 5.17. The number of esters is 1. The fourth-order valence-electron chi connectivity index (χ4n) is 1.71. The van der Waals surface area contributed by atoms with Crippen LogP contribution in [0.5, 0.6) is 11.5 Å². The molecule has 20 heavy (non-hydrogen) atoms. The van der Waals surface area contributed by atoms with Crippen LogP contribution in [0, 0.1) is 0 Å². The number of rotatable bonds is 4. The Kier molecular flexibility index (Phi) is 4.20. The van der Waals surface area contributed by atoms with E-state index in [2.05, 4.69) is 6.58 Å². The van der Waals surface area contributed by atoms with Crippen molar-refractivity contribution in [2.24, 2.45) is 0 Å². The van der Waals surface area contributed by atoms with Gasteiger partial charge in [0.15, 0.2) is 0 Å². The molecule has 2 aromatic rings. The quantitative estimate of drug-likeness (QED) is 0.480. The smallest absolute Gasteiger partial charge is 0.338 e. The van der Waals surface area contributed by atoms with E-state index in [0.717, 1.165) is 16.9 Å². The molecule has 0 unspecified atom stereocenters. The van der Waals surface area contributed by atoms with Crippen molar-refractivity contribution in [3.63, 3.8) is 0 Å². The van der Waals surface area contributed by atoms with Crippen molar-refractivity contribution in [3.8, 4) is 22.6 Å². The van der Waals surface area contributed by atoms with Gasteiger partial charge in [0.2, 0.25) is 0 Å². The van der Waals surface area contributed by atoms with Crippen LogP contribution in [-0.2, 0) is 4.79 Å². The van der Waals surface area contributed by atoms with Crippen LogP contribution < -0.4 is 9.47 Å². The molecule has 0 heterocycles. The lowest BCUT2D eigenvalue weighted by Crippen LogP contribution is -2.07. The molecule has 3 nitrogen and oxygen atoms in total. The Hall–Kier alpha value is -2.55. The van der Waals surface area contributed by atoms with Crippen LogP contribution in [-0.4, -0.2) is 13.1 Å². The maximum Gasteiger partial charge on any atom is 0.338 e. The van der Waals surface area contributed by atoms with Crippen LogP contribution in [0.4, 0.5) is 0 Å². The molecule has 2 rings (SSSR count). The average Bonchev–Trinajstić information content (AvgIpc) is 2.48. The highest BCUT2D eigenvalue weighted by molar-refractivity contribution is 5.88. The number of benzene rings is 2. The van der Waals surface area contributed by atoms with Crippen molar-refractivity contribution >= 4 is 5.97 Å². The largest absolute Gasteiger partial charge is 0.497 e. The Bertz CT molecular complexity index is 627. The summed E-state index contributed by atoms with van der Waals surface area (Å²) in [5.74, 6) is 0.893. The van der Waals surface area contributed by atoms with E-state index in [1.807, 2.05) is 36.4 Å². The van der Waals surface area contributed by atoms with E-state index in [9.17, 15) is 4.79 Å². The van der Waals surface area contributed by atoms with E-state index < -0.39 is 5.97 Å². The molecule has 0 amide bonds. The van der Waals surface area contributed by atoms with E-state index in [4.69, 9.17) is 9.47 Å². The van der Waals surface area contributed by atoms with Gasteiger partial charge >= 0.3 is 5.97 Å². The van der Waals surface area contributed by atoms with Crippen molar-refractivity contribution in [3.05, 3.63) is 60.7 Å². The van der Waals surface area contributed by atoms with Gasteiger partial charge in [0.1, 0.15) is 11.5 Å². The SMILES string of the molecule is C=C(C)C(=O)Oc1ccc(-c2cccc(OC)c2)cc1. The summed E-state index contributed by atoms with van der Waals surface area (Å²) < 4.78 is 10.3. The number of carbonyl (C=O) groups excluding carboxylic acids is 1. The van der Waals surface area contributed by atoms with Gasteiger partial charge in [-0.2, -0.15) is 0 Å². The molecule has 0 aliphatic rings. The first-order valence-electron chi connectivity index (χ1n) is 6.22. The lowest BCUT2D eigenvalue weighted by Gasteiger charge is -2.07. The second kappa shape index (κ2) is 6.06. The summed E-state index contributed by atoms with van der Waals surface area (Å²) in [4.78, 5) is 11.4. The van der Waals surface area contributed by atoms with Crippen LogP contribution in [0.25, 0.3) is 11.1 Å². The first-order chi connectivity index (χ1) is 9.60. The summed E-state index contributed by atoms with van der Waals surface area (Å²) in [5, 5.41) is 0. The molecule has 0 atom stereocenters. The molecule has 2 aromatic carbocycles. The molecule has 0 radical (unpaired) electrons. The predicted molar refractivity (Wildman–Crippen MR) is 78.9 cm³/mol. The van der Waals surface area contributed by atoms with Crippen molar-refractivity contribution < 1.29 is 14.3 Å². The third-order valence-corrected chi connectivity index (χ3v) is 2.82. The standard InChI is InChI=1S/C17H16O3/c1-12(2)17(18)20-15-9-7-13(8-10-15)14-5-4-6-16(11-14)19-3/h4-11H,1H2,2-3H3. The maximum atomic E-state index is 11.4. The topological polar surface area (TPSA) is 35.5 Å². The van der Waals surface area contributed by atoms with Crippen molar-refractivity contribution in [2.45, 2.75) is 6.92 Å². The van der Waals surface area contributed by atoms with E-state index >= 15 is 0 Å². The molecule has 0 aromatic heterocycles. The second-order valence-corrected chi connectivity index (χ2v) is 4.43. The molecule has 0 bridgehead atoms. The zero-order chi connectivity index (χ0) is 14.5. The second-order valence-electron chi connectivity index (χ2n) is 4.43. The molecular formula is C17H16O3. The third-order valence-electron chi connectivity index (χ3n) is 2.82. The van der Waals surface area contributed by atoms with Gasteiger partial charge < -0.3 is 9.47 Å². The van der Waals surface area contributed by atoms with Crippen molar-refractivity contribution in [2.75, 3.05) is 7.11 Å². The van der Waals surface area contributed by atoms with Gasteiger partial charge in [-0.25, -0.2) is 4.79 Å². The van der Waals surface area contributed by atoms with E-state index in [1.165, 1.54) is 0 Å². The van der Waals surface area contributed by atoms with Gasteiger partial charge in [-0.15, -0.1) is 0 Å². The Balaban J connectivity index is 2.19. The summed E-state index contributed by atoms with van der Waals surface area (Å²) >= 11 is 0. The van der Waals surface area contributed by atoms with Crippen LogP contribution in [0.1, 0.15) is 6.92 Å². The Morgan fingerprint density at radius 3 is 2.30 bits per heavy atom. The zero-order valence-electron chi connectivity index (χ0n) is 11.6. The lowest BCUT2D eigenvalue weighted by molar-refractivity contribution is -0.130. The highest BCUT2D eigenvalue weighted by Crippen LogP contribution is 2.25. The molecule has 0 fully saturated rings. The van der Waals surface area contributed by atoms with Gasteiger partial charge in [-0.1, -0.05) is 30.8 Å². The highest BCUT2D eigenvalue weighted by atomic mass is 16.5. The number of methoxy groups -OCH3 is 1. The number of ether oxygens (including phenoxy) is 2. The van der Waals surface area contributed by atoms with E-state index in [1.54, 1.807) is 26.2 Å². The first kappa shape index (κ1) is 13.9. The number of carbonyl (C=O) groups is 1. The Labute approximate surface area is 118 Å². The Morgan fingerprint density at radius 2 is 1.70 bits per heavy atom. The summed E-state index contributed by atoms with van der Waals surface area (Å²) in [6, 6.07) is 15.1. The van der Waals surface area contributed by atoms with Gasteiger partial charge in [0.25, 0.3) is 0 Å². The molecule has 0 aliphatic carbocycles. The zero-order valence-corrected chi connectivity index (χ0v) is 11.6. The molecule has 102 valence electrons. The molecule has 0 saturated heterocycles. The van der Waals surface area contributed by atoms with Gasteiger partial charge in [-0.3, -0.25) is 0 Å². The van der Waals surface area contributed by atoms with Crippen LogP contribution >= 0.6 is 0 Å². The highest BCUT2D eigenvalue weighted by Gasteiger charge is 2.05.